The minimum atomic E-state index is -0.836. The van der Waals surface area contributed by atoms with Gasteiger partial charge in [-0.1, -0.05) is 6.92 Å². The minimum Gasteiger partial charge on any atom is -0.324 e. The predicted molar refractivity (Wildman–Crippen MR) is 108 cm³/mol. The van der Waals surface area contributed by atoms with Gasteiger partial charge in [-0.05, 0) is 63.6 Å². The largest absolute Gasteiger partial charge is 0.325 e. The fourth-order valence-electron chi connectivity index (χ4n) is 4.07. The van der Waals surface area contributed by atoms with Crippen LogP contribution in [0.2, 0.25) is 0 Å². The molecule has 8 heteroatoms. The van der Waals surface area contributed by atoms with E-state index in [9.17, 15) is 14.4 Å². The van der Waals surface area contributed by atoms with Crippen molar-refractivity contribution < 1.29 is 14.4 Å². The highest BCUT2D eigenvalue weighted by molar-refractivity contribution is 6.10. The Kier molecular flexibility index (Phi) is 4.72. The van der Waals surface area contributed by atoms with E-state index in [0.717, 1.165) is 34.6 Å². The summed E-state index contributed by atoms with van der Waals surface area (Å²) in [6.45, 7) is 5.62. The molecule has 4 rings (SSSR count). The molecule has 152 valence electrons. The van der Waals surface area contributed by atoms with Gasteiger partial charge < -0.3 is 10.6 Å². The monoisotopic (exact) mass is 395 g/mol. The van der Waals surface area contributed by atoms with Gasteiger partial charge in [-0.25, -0.2) is 14.8 Å². The van der Waals surface area contributed by atoms with E-state index in [2.05, 4.69) is 27.5 Å². The highest BCUT2D eigenvalue weighted by atomic mass is 16.2. The lowest BCUT2D eigenvalue weighted by Crippen LogP contribution is -2.49. The van der Waals surface area contributed by atoms with Crippen molar-refractivity contribution in [1.29, 1.82) is 0 Å². The predicted octanol–water partition coefficient (Wildman–Crippen LogP) is 2.69. The zero-order chi connectivity index (χ0) is 20.8. The van der Waals surface area contributed by atoms with E-state index in [4.69, 9.17) is 0 Å². The standard InChI is InChI=1S/C21H25N5O3/c1-12-6-8-21(9-7-12)19(28)26(20(29)25-21)11-18(27)24-15-4-5-16-17(10-15)23-14(3)13(2)22-16/h4-5,10,12H,6-9,11H2,1-3H3,(H,24,27)(H,25,29). The van der Waals surface area contributed by atoms with Crippen LogP contribution in [0.5, 0.6) is 0 Å². The fraction of sp³-hybridized carbons (Fsp3) is 0.476. The summed E-state index contributed by atoms with van der Waals surface area (Å²) in [6, 6.07) is 4.77. The number of aryl methyl sites for hydroxylation is 2. The number of urea groups is 1. The molecular formula is C21H25N5O3. The SMILES string of the molecule is Cc1nc2ccc(NC(=O)CN3C(=O)NC4(CCC(C)CC4)C3=O)cc2nc1C. The fourth-order valence-corrected chi connectivity index (χ4v) is 4.07. The lowest BCUT2D eigenvalue weighted by atomic mass is 9.77. The van der Waals surface area contributed by atoms with Gasteiger partial charge in [0.2, 0.25) is 5.91 Å². The van der Waals surface area contributed by atoms with Crippen LogP contribution < -0.4 is 10.6 Å². The first-order valence-electron chi connectivity index (χ1n) is 9.96. The van der Waals surface area contributed by atoms with Crippen LogP contribution in [0.1, 0.15) is 44.0 Å². The van der Waals surface area contributed by atoms with Crippen LogP contribution in [0, 0.1) is 19.8 Å². The first-order valence-corrected chi connectivity index (χ1v) is 9.96. The van der Waals surface area contributed by atoms with Crippen LogP contribution in [0.3, 0.4) is 0 Å². The van der Waals surface area contributed by atoms with Crippen molar-refractivity contribution in [2.24, 2.45) is 5.92 Å². The Morgan fingerprint density at radius 3 is 2.52 bits per heavy atom. The summed E-state index contributed by atoms with van der Waals surface area (Å²) >= 11 is 0. The lowest BCUT2D eigenvalue weighted by Gasteiger charge is -2.33. The molecule has 1 aromatic heterocycles. The van der Waals surface area contributed by atoms with Crippen molar-refractivity contribution in [2.45, 2.75) is 52.0 Å². The normalized spacial score (nSPS) is 24.2. The summed E-state index contributed by atoms with van der Waals surface area (Å²) in [5.74, 6) is -0.169. The molecule has 2 aliphatic rings. The number of nitrogens with zero attached hydrogens (tertiary/aromatic N) is 3. The smallest absolute Gasteiger partial charge is 0.324 e. The van der Waals surface area contributed by atoms with E-state index < -0.39 is 17.5 Å². The third-order valence-corrected chi connectivity index (χ3v) is 6.03. The maximum Gasteiger partial charge on any atom is 0.325 e. The van der Waals surface area contributed by atoms with Gasteiger partial charge in [0, 0.05) is 5.69 Å². The molecular weight excluding hydrogens is 370 g/mol. The number of hydrogen-bond donors (Lipinski definition) is 2. The molecule has 1 aliphatic heterocycles. The number of aromatic nitrogens is 2. The van der Waals surface area contributed by atoms with Gasteiger partial charge in [0.1, 0.15) is 12.1 Å². The molecule has 2 N–H and O–H groups in total. The summed E-state index contributed by atoms with van der Waals surface area (Å²) in [5, 5.41) is 5.59. The molecule has 1 saturated carbocycles. The molecule has 29 heavy (non-hydrogen) atoms. The second kappa shape index (κ2) is 7.09. The molecule has 8 nitrogen and oxygen atoms in total. The van der Waals surface area contributed by atoms with Crippen molar-refractivity contribution in [3.8, 4) is 0 Å². The summed E-state index contributed by atoms with van der Waals surface area (Å²) in [4.78, 5) is 47.8. The third kappa shape index (κ3) is 3.54. The Labute approximate surface area is 169 Å². The van der Waals surface area contributed by atoms with Crippen LogP contribution in [-0.4, -0.2) is 44.8 Å². The maximum absolute atomic E-state index is 12.9. The summed E-state index contributed by atoms with van der Waals surface area (Å²) < 4.78 is 0. The minimum absolute atomic E-state index is 0.292. The molecule has 2 aromatic rings. The zero-order valence-corrected chi connectivity index (χ0v) is 16.9. The topological polar surface area (TPSA) is 104 Å². The second-order valence-corrected chi connectivity index (χ2v) is 8.23. The summed E-state index contributed by atoms with van der Waals surface area (Å²) in [7, 11) is 0. The van der Waals surface area contributed by atoms with Gasteiger partial charge in [0.25, 0.3) is 5.91 Å². The zero-order valence-electron chi connectivity index (χ0n) is 16.9. The number of fused-ring (bicyclic) bond motifs is 1. The maximum atomic E-state index is 12.9. The van der Waals surface area contributed by atoms with E-state index in [0.29, 0.717) is 30.0 Å². The summed E-state index contributed by atoms with van der Waals surface area (Å²) in [6.07, 6.45) is 3.03. The summed E-state index contributed by atoms with van der Waals surface area (Å²) in [5.41, 5.74) is 2.82. The number of carbonyl (C=O) groups excluding carboxylic acids is 3. The number of hydrogen-bond acceptors (Lipinski definition) is 5. The van der Waals surface area contributed by atoms with Crippen LogP contribution in [0.15, 0.2) is 18.2 Å². The molecule has 0 atom stereocenters. The van der Waals surface area contributed by atoms with Gasteiger partial charge in [-0.3, -0.25) is 14.5 Å². The Balaban J connectivity index is 1.46. The first-order chi connectivity index (χ1) is 13.8. The number of nitrogens with one attached hydrogen (secondary N) is 2. The van der Waals surface area contributed by atoms with Crippen molar-refractivity contribution >= 4 is 34.6 Å². The molecule has 1 spiro atoms. The molecule has 2 heterocycles. The van der Waals surface area contributed by atoms with Crippen molar-refractivity contribution in [1.82, 2.24) is 20.2 Å². The molecule has 4 amide bonds. The number of benzene rings is 1. The molecule has 1 aliphatic carbocycles. The Morgan fingerprint density at radius 2 is 1.83 bits per heavy atom. The molecule has 1 saturated heterocycles. The van der Waals surface area contributed by atoms with Gasteiger partial charge in [-0.2, -0.15) is 0 Å². The third-order valence-electron chi connectivity index (χ3n) is 6.03. The molecule has 2 fully saturated rings. The number of amides is 4. The number of rotatable bonds is 3. The van der Waals surface area contributed by atoms with E-state index >= 15 is 0 Å². The average molecular weight is 395 g/mol. The van der Waals surface area contributed by atoms with Crippen molar-refractivity contribution in [3.05, 3.63) is 29.6 Å². The van der Waals surface area contributed by atoms with Gasteiger partial charge in [0.05, 0.1) is 22.4 Å². The lowest BCUT2D eigenvalue weighted by molar-refractivity contribution is -0.135. The molecule has 0 bridgehead atoms. The number of carbonyl (C=O) groups is 3. The van der Waals surface area contributed by atoms with Gasteiger partial charge >= 0.3 is 6.03 Å². The van der Waals surface area contributed by atoms with E-state index in [1.807, 2.05) is 13.8 Å². The van der Waals surface area contributed by atoms with E-state index in [-0.39, 0.29) is 12.5 Å². The number of imide groups is 1. The Hall–Kier alpha value is -3.03. The van der Waals surface area contributed by atoms with E-state index in [1.165, 1.54) is 0 Å². The Bertz CT molecular complexity index is 1010. The quantitative estimate of drug-likeness (QED) is 0.778. The molecule has 0 unspecified atom stereocenters. The van der Waals surface area contributed by atoms with Gasteiger partial charge in [-0.15, -0.1) is 0 Å². The van der Waals surface area contributed by atoms with Gasteiger partial charge in [0.15, 0.2) is 0 Å². The second-order valence-electron chi connectivity index (χ2n) is 8.23. The van der Waals surface area contributed by atoms with Crippen molar-refractivity contribution in [2.75, 3.05) is 11.9 Å². The van der Waals surface area contributed by atoms with E-state index in [1.54, 1.807) is 18.2 Å². The van der Waals surface area contributed by atoms with Crippen molar-refractivity contribution in [3.63, 3.8) is 0 Å². The van der Waals surface area contributed by atoms with Crippen LogP contribution >= 0.6 is 0 Å². The van der Waals surface area contributed by atoms with Crippen LogP contribution in [0.25, 0.3) is 11.0 Å². The number of anilines is 1. The van der Waals surface area contributed by atoms with Crippen LogP contribution in [-0.2, 0) is 9.59 Å². The molecule has 0 radical (unpaired) electrons. The average Bonchev–Trinajstić information content (AvgIpc) is 2.90. The first kappa shape index (κ1) is 19.3. The van der Waals surface area contributed by atoms with Crippen LogP contribution in [0.4, 0.5) is 10.5 Å². The highest BCUT2D eigenvalue weighted by Gasteiger charge is 2.52. The highest BCUT2D eigenvalue weighted by Crippen LogP contribution is 2.36. The molecule has 1 aromatic carbocycles. The Morgan fingerprint density at radius 1 is 1.17 bits per heavy atom.